The second-order valence-corrected chi connectivity index (χ2v) is 3.86. The maximum atomic E-state index is 12.0. The van der Waals surface area contributed by atoms with Crippen LogP contribution in [0.25, 0.3) is 0 Å². The zero-order valence-corrected chi connectivity index (χ0v) is 13.4. The van der Waals surface area contributed by atoms with E-state index in [0.717, 1.165) is 0 Å². The van der Waals surface area contributed by atoms with Crippen molar-refractivity contribution in [3.63, 3.8) is 0 Å². The van der Waals surface area contributed by atoms with Crippen LogP contribution in [0.4, 0.5) is 4.79 Å². The van der Waals surface area contributed by atoms with Crippen molar-refractivity contribution in [3.8, 4) is 0 Å². The van der Waals surface area contributed by atoms with Crippen LogP contribution in [-0.2, 0) is 15.0 Å². The number of hydrogen-bond donors (Lipinski definition) is 2. The van der Waals surface area contributed by atoms with Crippen LogP contribution in [0.2, 0.25) is 0 Å². The monoisotopic (exact) mass is 272 g/mol. The van der Waals surface area contributed by atoms with Gasteiger partial charge in [-0.05, 0) is 12.0 Å². The summed E-state index contributed by atoms with van der Waals surface area (Å²) in [5, 5.41) is 4.28. The van der Waals surface area contributed by atoms with Gasteiger partial charge in [0.15, 0.2) is 5.41 Å². The average Bonchev–Trinajstić information content (AvgIpc) is 2.30. The van der Waals surface area contributed by atoms with E-state index in [2.05, 4.69) is 10.6 Å². The Kier molecular flexibility index (Phi) is 5.24. The zero-order chi connectivity index (χ0) is 12.5. The standard InChI is InChI=1S/C12H12N2O3.K.H/c1-2-12(8-6-4-3-5-7-8)9(15)13-11(17)14-10(12)16;;/h3-7H,2H2,1H3,(H2,13,14,15,16,17);;/q;+1;-1. The van der Waals surface area contributed by atoms with Crippen molar-refractivity contribution >= 4 is 17.8 Å². The minimum atomic E-state index is -1.31. The van der Waals surface area contributed by atoms with Gasteiger partial charge in [-0.25, -0.2) is 4.79 Å². The van der Waals surface area contributed by atoms with E-state index in [4.69, 9.17) is 0 Å². The maximum absolute atomic E-state index is 12.0. The summed E-state index contributed by atoms with van der Waals surface area (Å²) >= 11 is 0. The molecule has 6 heteroatoms. The molecule has 18 heavy (non-hydrogen) atoms. The molecule has 1 fully saturated rings. The molecule has 2 rings (SSSR count). The summed E-state index contributed by atoms with van der Waals surface area (Å²) in [7, 11) is 0. The van der Waals surface area contributed by atoms with E-state index in [1.54, 1.807) is 37.3 Å². The fraction of sp³-hybridized carbons (Fsp3) is 0.250. The van der Waals surface area contributed by atoms with E-state index < -0.39 is 23.3 Å². The van der Waals surface area contributed by atoms with Crippen LogP contribution in [0.1, 0.15) is 20.3 Å². The number of rotatable bonds is 2. The van der Waals surface area contributed by atoms with Crippen LogP contribution in [-0.4, -0.2) is 17.8 Å². The SMILES string of the molecule is CCC1(c2ccccc2)C(=O)NC(=O)NC1=O.[H-].[K+]. The molecule has 0 saturated carbocycles. The third kappa shape index (κ3) is 2.43. The number of imide groups is 2. The van der Waals surface area contributed by atoms with Gasteiger partial charge in [-0.3, -0.25) is 20.2 Å². The van der Waals surface area contributed by atoms with Crippen molar-refractivity contribution in [2.24, 2.45) is 0 Å². The molecule has 0 aromatic heterocycles. The van der Waals surface area contributed by atoms with E-state index in [1.165, 1.54) is 0 Å². The molecule has 0 unspecified atom stereocenters. The van der Waals surface area contributed by atoms with Crippen molar-refractivity contribution < 1.29 is 67.2 Å². The van der Waals surface area contributed by atoms with Crippen LogP contribution in [0.15, 0.2) is 30.3 Å². The molecule has 0 radical (unpaired) electrons. The summed E-state index contributed by atoms with van der Waals surface area (Å²) in [5.41, 5.74) is -0.722. The van der Waals surface area contributed by atoms with Gasteiger partial charge in [0, 0.05) is 0 Å². The Morgan fingerprint density at radius 3 is 2.00 bits per heavy atom. The molecular weight excluding hydrogens is 259 g/mol. The van der Waals surface area contributed by atoms with Gasteiger partial charge < -0.3 is 1.43 Å². The molecule has 1 aliphatic rings. The number of carbonyl (C=O) groups excluding carboxylic acids is 3. The van der Waals surface area contributed by atoms with E-state index in [1.807, 2.05) is 0 Å². The minimum Gasteiger partial charge on any atom is -1.00 e. The molecule has 0 atom stereocenters. The Hall–Kier alpha value is -0.534. The molecule has 1 aromatic rings. The van der Waals surface area contributed by atoms with Crippen LogP contribution in [0.5, 0.6) is 0 Å². The Bertz CT molecular complexity index is 473. The van der Waals surface area contributed by atoms with Crippen molar-refractivity contribution in [1.29, 1.82) is 0 Å². The first-order valence-electron chi connectivity index (χ1n) is 5.33. The van der Waals surface area contributed by atoms with Crippen molar-refractivity contribution in [3.05, 3.63) is 35.9 Å². The first-order chi connectivity index (χ1) is 8.11. The molecule has 0 aliphatic carbocycles. The summed E-state index contributed by atoms with van der Waals surface area (Å²) in [6.45, 7) is 1.74. The molecule has 1 aliphatic heterocycles. The number of hydrogen-bond acceptors (Lipinski definition) is 3. The van der Waals surface area contributed by atoms with Crippen molar-refractivity contribution in [1.82, 2.24) is 10.6 Å². The van der Waals surface area contributed by atoms with Gasteiger partial charge in [-0.15, -0.1) is 0 Å². The second kappa shape index (κ2) is 6.07. The van der Waals surface area contributed by atoms with Crippen LogP contribution < -0.4 is 62.0 Å². The Balaban J connectivity index is 0.00000162. The van der Waals surface area contributed by atoms with Gasteiger partial charge in [0.2, 0.25) is 11.8 Å². The van der Waals surface area contributed by atoms with Crippen LogP contribution in [0.3, 0.4) is 0 Å². The predicted molar refractivity (Wildman–Crippen MR) is 61.2 cm³/mol. The Morgan fingerprint density at radius 2 is 1.56 bits per heavy atom. The smallest absolute Gasteiger partial charge is 1.00 e. The molecule has 1 aromatic carbocycles. The normalized spacial score (nSPS) is 17.5. The number of urea groups is 1. The summed E-state index contributed by atoms with van der Waals surface area (Å²) in [6, 6.07) is 7.96. The number of barbiturate groups is 1. The third-order valence-corrected chi connectivity index (χ3v) is 3.03. The van der Waals surface area contributed by atoms with E-state index in [0.29, 0.717) is 12.0 Å². The fourth-order valence-corrected chi connectivity index (χ4v) is 2.06. The predicted octanol–water partition coefficient (Wildman–Crippen LogP) is -2.18. The first kappa shape index (κ1) is 15.5. The quantitative estimate of drug-likeness (QED) is 0.475. The number of benzene rings is 1. The second-order valence-electron chi connectivity index (χ2n) is 3.86. The van der Waals surface area contributed by atoms with Crippen LogP contribution in [0, 0.1) is 0 Å². The Morgan fingerprint density at radius 1 is 1.06 bits per heavy atom. The molecule has 1 heterocycles. The van der Waals surface area contributed by atoms with E-state index in [9.17, 15) is 14.4 Å². The molecule has 4 amide bonds. The van der Waals surface area contributed by atoms with Gasteiger partial charge in [0.1, 0.15) is 0 Å². The fourth-order valence-electron chi connectivity index (χ4n) is 2.06. The summed E-state index contributed by atoms with van der Waals surface area (Å²) in [6.07, 6.45) is 0.294. The van der Waals surface area contributed by atoms with Crippen LogP contribution >= 0.6 is 0 Å². The molecular formula is C12H13KN2O3. The third-order valence-electron chi connectivity index (χ3n) is 3.03. The summed E-state index contributed by atoms with van der Waals surface area (Å²) < 4.78 is 0. The number of carbonyl (C=O) groups is 3. The average molecular weight is 272 g/mol. The molecule has 90 valence electrons. The number of nitrogens with one attached hydrogen (secondary N) is 2. The minimum absolute atomic E-state index is 0. The summed E-state index contributed by atoms with van der Waals surface area (Å²) in [4.78, 5) is 35.0. The largest absolute Gasteiger partial charge is 1.00 e. The van der Waals surface area contributed by atoms with Gasteiger partial charge in [-0.1, -0.05) is 37.3 Å². The molecule has 5 nitrogen and oxygen atoms in total. The first-order valence-corrected chi connectivity index (χ1v) is 5.33. The Labute approximate surface area is 149 Å². The van der Waals surface area contributed by atoms with Gasteiger partial charge >= 0.3 is 57.4 Å². The van der Waals surface area contributed by atoms with Gasteiger partial charge in [0.25, 0.3) is 0 Å². The maximum Gasteiger partial charge on any atom is 1.00 e. The molecule has 0 spiro atoms. The van der Waals surface area contributed by atoms with Gasteiger partial charge in [-0.2, -0.15) is 0 Å². The van der Waals surface area contributed by atoms with Crippen molar-refractivity contribution in [2.45, 2.75) is 18.8 Å². The number of amides is 4. The van der Waals surface area contributed by atoms with Gasteiger partial charge in [0.05, 0.1) is 0 Å². The zero-order valence-electron chi connectivity index (χ0n) is 11.3. The van der Waals surface area contributed by atoms with Crippen molar-refractivity contribution in [2.75, 3.05) is 0 Å². The topological polar surface area (TPSA) is 75.3 Å². The van der Waals surface area contributed by atoms with E-state index in [-0.39, 0.29) is 52.8 Å². The van der Waals surface area contributed by atoms with E-state index >= 15 is 0 Å². The summed E-state index contributed by atoms with van der Waals surface area (Å²) in [5.74, 6) is -1.14. The molecule has 2 N–H and O–H groups in total. The molecule has 1 saturated heterocycles. The molecule has 0 bridgehead atoms.